The lowest BCUT2D eigenvalue weighted by Gasteiger charge is -2.60. The van der Waals surface area contributed by atoms with E-state index in [2.05, 4.69) is 49.0 Å². The fourth-order valence-corrected chi connectivity index (χ4v) is 6.58. The summed E-state index contributed by atoms with van der Waals surface area (Å²) in [5, 5.41) is 11.9. The van der Waals surface area contributed by atoms with Gasteiger partial charge in [0.25, 0.3) is 5.91 Å². The van der Waals surface area contributed by atoms with Gasteiger partial charge in [0.2, 0.25) is 5.95 Å². The highest BCUT2D eigenvalue weighted by molar-refractivity contribution is 6.33. The molecule has 0 unspecified atom stereocenters. The van der Waals surface area contributed by atoms with Gasteiger partial charge in [-0.1, -0.05) is 42.0 Å². The number of fused-ring (bicyclic) bond motifs is 3. The Hall–Kier alpha value is -3.88. The Morgan fingerprint density at radius 3 is 2.66 bits per heavy atom. The third-order valence-electron chi connectivity index (χ3n) is 8.22. The lowest BCUT2D eigenvalue weighted by Crippen LogP contribution is -2.70. The molecule has 0 spiro atoms. The number of aromatic nitrogens is 3. The molecule has 0 radical (unpaired) electrons. The summed E-state index contributed by atoms with van der Waals surface area (Å²) in [6.07, 6.45) is 12.6. The average Bonchev–Trinajstić information content (AvgIpc) is 3.38. The van der Waals surface area contributed by atoms with Gasteiger partial charge in [-0.2, -0.15) is 0 Å². The second-order valence-electron chi connectivity index (χ2n) is 11.7. The number of halogens is 1. The number of hydrogen-bond donors (Lipinski definition) is 4. The van der Waals surface area contributed by atoms with Crippen molar-refractivity contribution in [2.24, 2.45) is 0 Å². The van der Waals surface area contributed by atoms with Crippen molar-refractivity contribution in [2.75, 3.05) is 37.8 Å². The first-order valence-corrected chi connectivity index (χ1v) is 14.6. The molecule has 2 bridgehead atoms. The zero-order valence-corrected chi connectivity index (χ0v) is 24.3. The summed E-state index contributed by atoms with van der Waals surface area (Å²) in [6.45, 7) is 1.66. The summed E-state index contributed by atoms with van der Waals surface area (Å²) in [4.78, 5) is 27.9. The first-order valence-electron chi connectivity index (χ1n) is 14.2. The van der Waals surface area contributed by atoms with Crippen LogP contribution >= 0.6 is 11.6 Å². The zero-order valence-electron chi connectivity index (χ0n) is 23.5. The number of hydrogen-bond acceptors (Lipinski definition) is 6. The maximum Gasteiger partial charge on any atom is 0.251 e. The number of aromatic amines is 1. The predicted molar refractivity (Wildman–Crippen MR) is 167 cm³/mol. The van der Waals surface area contributed by atoms with Crippen molar-refractivity contribution < 1.29 is 4.79 Å². The van der Waals surface area contributed by atoms with Crippen molar-refractivity contribution in [3.05, 3.63) is 83.7 Å². The van der Waals surface area contributed by atoms with E-state index in [1.54, 1.807) is 6.20 Å². The Morgan fingerprint density at radius 1 is 1.07 bits per heavy atom. The molecule has 4 aromatic rings. The number of para-hydroxylation sites is 1. The van der Waals surface area contributed by atoms with Crippen LogP contribution in [0.4, 0.5) is 11.6 Å². The number of rotatable bonds is 10. The SMILES string of the molecule is CN(C)C/C=C/CNc1ccc(C(=O)NC23CCCC(Nc4ncc(Cl)c(-c5c[nH]c6ccccc56)n4)(C2)C3)cc1. The normalized spacial score (nSPS) is 21.7. The number of likely N-dealkylation sites (N-methyl/N-ethyl adjacent to an activating group) is 1. The Bertz CT molecular complexity index is 1570. The van der Waals surface area contributed by atoms with E-state index in [-0.39, 0.29) is 17.0 Å². The van der Waals surface area contributed by atoms with E-state index in [1.165, 1.54) is 0 Å². The molecule has 3 aliphatic rings. The van der Waals surface area contributed by atoms with Gasteiger partial charge >= 0.3 is 0 Å². The summed E-state index contributed by atoms with van der Waals surface area (Å²) >= 11 is 6.55. The minimum atomic E-state index is -0.206. The van der Waals surface area contributed by atoms with Crippen molar-refractivity contribution in [3.63, 3.8) is 0 Å². The number of nitrogens with one attached hydrogen (secondary N) is 4. The van der Waals surface area contributed by atoms with Crippen LogP contribution in [0.15, 0.2) is 73.1 Å². The Balaban J connectivity index is 1.08. The van der Waals surface area contributed by atoms with E-state index in [1.807, 2.05) is 62.8 Å². The van der Waals surface area contributed by atoms with Crippen LogP contribution in [0, 0.1) is 0 Å². The highest BCUT2D eigenvalue weighted by atomic mass is 35.5. The van der Waals surface area contributed by atoms with Crippen molar-refractivity contribution >= 4 is 40.0 Å². The number of carbonyl (C=O) groups is 1. The number of carbonyl (C=O) groups excluding carboxylic acids is 1. The summed E-state index contributed by atoms with van der Waals surface area (Å²) in [6, 6.07) is 15.8. The number of anilines is 2. The van der Waals surface area contributed by atoms with Crippen LogP contribution in [0.3, 0.4) is 0 Å². The molecule has 7 rings (SSSR count). The molecule has 4 N–H and O–H groups in total. The minimum absolute atomic E-state index is 0.0257. The van der Waals surface area contributed by atoms with Gasteiger partial charge in [0.15, 0.2) is 0 Å². The molecule has 2 aromatic heterocycles. The quantitative estimate of drug-likeness (QED) is 0.172. The number of H-pyrrole nitrogens is 1. The molecule has 8 nitrogen and oxygen atoms in total. The van der Waals surface area contributed by atoms with Gasteiger partial charge in [-0.05, 0) is 76.5 Å². The molecule has 3 saturated carbocycles. The van der Waals surface area contributed by atoms with Crippen LogP contribution in [0.2, 0.25) is 5.02 Å². The topological polar surface area (TPSA) is 98.0 Å². The summed E-state index contributed by atoms with van der Waals surface area (Å²) < 4.78 is 0. The van der Waals surface area contributed by atoms with Gasteiger partial charge in [0.1, 0.15) is 0 Å². The molecular weight excluding hydrogens is 534 g/mol. The first-order chi connectivity index (χ1) is 19.8. The fraction of sp³-hybridized carbons (Fsp3) is 0.344. The molecule has 3 aliphatic carbocycles. The van der Waals surface area contributed by atoms with Crippen molar-refractivity contribution in [2.45, 2.75) is 43.2 Å². The number of nitrogens with zero attached hydrogens (tertiary/aromatic N) is 3. The van der Waals surface area contributed by atoms with E-state index >= 15 is 0 Å². The maximum atomic E-state index is 13.2. The Kier molecular flexibility index (Phi) is 7.45. The van der Waals surface area contributed by atoms with E-state index < -0.39 is 0 Å². The Labute approximate surface area is 245 Å². The molecule has 1 amide bonds. The lowest BCUT2D eigenvalue weighted by molar-refractivity contribution is 0.0272. The second-order valence-corrected chi connectivity index (χ2v) is 12.1. The van der Waals surface area contributed by atoms with E-state index in [4.69, 9.17) is 16.6 Å². The molecule has 0 saturated heterocycles. The van der Waals surface area contributed by atoms with Crippen LogP contribution in [0.5, 0.6) is 0 Å². The molecule has 212 valence electrons. The lowest BCUT2D eigenvalue weighted by atomic mass is 9.54. The van der Waals surface area contributed by atoms with Gasteiger partial charge in [0.05, 0.1) is 16.9 Å². The minimum Gasteiger partial charge on any atom is -0.382 e. The van der Waals surface area contributed by atoms with E-state index in [9.17, 15) is 4.79 Å². The largest absolute Gasteiger partial charge is 0.382 e. The van der Waals surface area contributed by atoms with Crippen LogP contribution in [0.25, 0.3) is 22.2 Å². The summed E-state index contributed by atoms with van der Waals surface area (Å²) in [5.74, 6) is 0.540. The molecule has 2 heterocycles. The van der Waals surface area contributed by atoms with Gasteiger partial charge in [-0.3, -0.25) is 4.79 Å². The van der Waals surface area contributed by atoms with Crippen molar-refractivity contribution in [1.82, 2.24) is 25.2 Å². The predicted octanol–water partition coefficient (Wildman–Crippen LogP) is 6.11. The monoisotopic (exact) mass is 569 g/mol. The molecule has 0 atom stereocenters. The van der Waals surface area contributed by atoms with Crippen LogP contribution in [0.1, 0.15) is 42.5 Å². The van der Waals surface area contributed by atoms with E-state index in [0.717, 1.165) is 67.3 Å². The maximum absolute atomic E-state index is 13.2. The molecule has 9 heteroatoms. The average molecular weight is 570 g/mol. The first kappa shape index (κ1) is 27.3. The van der Waals surface area contributed by atoms with Gasteiger partial charge in [0, 0.05) is 58.1 Å². The highest BCUT2D eigenvalue weighted by Crippen LogP contribution is 2.53. The molecular formula is C32H36ClN7O. The number of benzene rings is 2. The zero-order chi connectivity index (χ0) is 28.5. The summed E-state index contributed by atoms with van der Waals surface area (Å²) in [7, 11) is 4.09. The van der Waals surface area contributed by atoms with Crippen molar-refractivity contribution in [1.29, 1.82) is 0 Å². The summed E-state index contributed by atoms with van der Waals surface area (Å²) in [5.41, 5.74) is 4.02. The molecule has 41 heavy (non-hydrogen) atoms. The second kappa shape index (κ2) is 11.2. The standard InChI is InChI=1S/C32H36ClN7O/c1-40(2)17-6-5-16-34-23-12-10-22(11-13-23)29(41)38-31-14-7-15-32(20-31,21-31)39-30-36-19-26(33)28(37-30)25-18-35-27-9-4-3-8-24(25)27/h3-6,8-13,18-19,34-35H,7,14-17,20-21H2,1-2H3,(H,38,41)(H,36,37,39)/b6-5+. The van der Waals surface area contributed by atoms with Crippen LogP contribution in [-0.4, -0.2) is 64.0 Å². The van der Waals surface area contributed by atoms with Crippen LogP contribution < -0.4 is 16.0 Å². The van der Waals surface area contributed by atoms with E-state index in [0.29, 0.717) is 22.2 Å². The van der Waals surface area contributed by atoms with Gasteiger partial charge in [-0.25, -0.2) is 9.97 Å². The third-order valence-corrected chi connectivity index (χ3v) is 8.49. The van der Waals surface area contributed by atoms with Gasteiger partial charge in [-0.15, -0.1) is 0 Å². The fourth-order valence-electron chi connectivity index (χ4n) is 6.38. The third kappa shape index (κ3) is 5.80. The van der Waals surface area contributed by atoms with Crippen molar-refractivity contribution in [3.8, 4) is 11.3 Å². The highest BCUT2D eigenvalue weighted by Gasteiger charge is 2.58. The molecule has 0 aliphatic heterocycles. The number of amides is 1. The smallest absolute Gasteiger partial charge is 0.251 e. The molecule has 2 aromatic carbocycles. The molecule has 3 fully saturated rings. The van der Waals surface area contributed by atoms with Crippen LogP contribution in [-0.2, 0) is 0 Å². The Morgan fingerprint density at radius 2 is 1.85 bits per heavy atom. The van der Waals surface area contributed by atoms with Gasteiger partial charge < -0.3 is 25.8 Å².